The molecule has 2 rings (SSSR count). The molecule has 0 radical (unpaired) electrons. The van der Waals surface area contributed by atoms with Crippen molar-refractivity contribution >= 4 is 34.5 Å². The van der Waals surface area contributed by atoms with Gasteiger partial charge in [0, 0.05) is 20.5 Å². The van der Waals surface area contributed by atoms with Crippen LogP contribution < -0.4 is 0 Å². The number of rotatable bonds is 4. The van der Waals surface area contributed by atoms with Crippen molar-refractivity contribution in [1.82, 2.24) is 0 Å². The van der Waals surface area contributed by atoms with E-state index < -0.39 is 6.10 Å². The van der Waals surface area contributed by atoms with E-state index in [2.05, 4.69) is 6.07 Å². The van der Waals surface area contributed by atoms with E-state index in [9.17, 15) is 5.11 Å². The maximum absolute atomic E-state index is 10.1. The van der Waals surface area contributed by atoms with Crippen LogP contribution in [-0.2, 0) is 6.42 Å². The smallest absolute Gasteiger partial charge is 0.0808 e. The highest BCUT2D eigenvalue weighted by atomic mass is 35.5. The SMILES string of the molecule is OC(CCc1cccs1)c1cc(Cl)ccc1Cl. The normalized spacial score (nSPS) is 12.6. The number of aliphatic hydroxyl groups is 1. The van der Waals surface area contributed by atoms with Gasteiger partial charge in [-0.3, -0.25) is 0 Å². The van der Waals surface area contributed by atoms with E-state index in [0.29, 0.717) is 22.0 Å². The minimum atomic E-state index is -0.566. The number of benzene rings is 1. The van der Waals surface area contributed by atoms with Crippen LogP contribution in [0.25, 0.3) is 0 Å². The Balaban J connectivity index is 2.04. The van der Waals surface area contributed by atoms with Crippen LogP contribution >= 0.6 is 34.5 Å². The van der Waals surface area contributed by atoms with Gasteiger partial charge in [0.05, 0.1) is 6.10 Å². The Morgan fingerprint density at radius 3 is 2.76 bits per heavy atom. The van der Waals surface area contributed by atoms with E-state index in [0.717, 1.165) is 6.42 Å². The molecule has 4 heteroatoms. The summed E-state index contributed by atoms with van der Waals surface area (Å²) in [7, 11) is 0. The molecule has 1 aromatic carbocycles. The summed E-state index contributed by atoms with van der Waals surface area (Å²) in [6.07, 6.45) is 0.936. The summed E-state index contributed by atoms with van der Waals surface area (Å²) in [4.78, 5) is 1.27. The monoisotopic (exact) mass is 286 g/mol. The summed E-state index contributed by atoms with van der Waals surface area (Å²) >= 11 is 13.6. The van der Waals surface area contributed by atoms with Crippen LogP contribution in [0.1, 0.15) is 23.0 Å². The van der Waals surface area contributed by atoms with Crippen LogP contribution in [0.15, 0.2) is 35.7 Å². The zero-order chi connectivity index (χ0) is 12.3. The molecule has 0 spiro atoms. The summed E-state index contributed by atoms with van der Waals surface area (Å²) in [6.45, 7) is 0. The first-order valence-corrected chi connectivity index (χ1v) is 6.96. The average molecular weight is 287 g/mol. The number of aryl methyl sites for hydroxylation is 1. The lowest BCUT2D eigenvalue weighted by Crippen LogP contribution is -2.00. The predicted octanol–water partition coefficient (Wildman–Crippen LogP) is 4.72. The van der Waals surface area contributed by atoms with Crippen molar-refractivity contribution in [3.8, 4) is 0 Å². The quantitative estimate of drug-likeness (QED) is 0.862. The minimum Gasteiger partial charge on any atom is -0.388 e. The highest BCUT2D eigenvalue weighted by Gasteiger charge is 2.12. The van der Waals surface area contributed by atoms with Crippen molar-refractivity contribution in [1.29, 1.82) is 0 Å². The molecule has 0 saturated heterocycles. The number of aliphatic hydroxyl groups excluding tert-OH is 1. The Hall–Kier alpha value is -0.540. The first kappa shape index (κ1) is 12.9. The molecular weight excluding hydrogens is 275 g/mol. The maximum atomic E-state index is 10.1. The van der Waals surface area contributed by atoms with Gasteiger partial charge in [-0.15, -0.1) is 11.3 Å². The highest BCUT2D eigenvalue weighted by molar-refractivity contribution is 7.09. The molecule has 0 bridgehead atoms. The number of hydrogen-bond acceptors (Lipinski definition) is 2. The van der Waals surface area contributed by atoms with E-state index in [1.165, 1.54) is 4.88 Å². The zero-order valence-electron chi connectivity index (χ0n) is 9.07. The molecule has 1 atom stereocenters. The third-order valence-electron chi connectivity index (χ3n) is 2.56. The molecule has 0 saturated carbocycles. The van der Waals surface area contributed by atoms with Crippen LogP contribution in [-0.4, -0.2) is 5.11 Å². The van der Waals surface area contributed by atoms with Crippen molar-refractivity contribution < 1.29 is 5.11 Å². The Morgan fingerprint density at radius 2 is 2.06 bits per heavy atom. The first-order valence-electron chi connectivity index (χ1n) is 5.32. The van der Waals surface area contributed by atoms with E-state index in [1.807, 2.05) is 11.4 Å². The van der Waals surface area contributed by atoms with Crippen molar-refractivity contribution in [3.63, 3.8) is 0 Å². The molecule has 0 fully saturated rings. The lowest BCUT2D eigenvalue weighted by molar-refractivity contribution is 0.168. The standard InChI is InChI=1S/C13H12Cl2OS/c14-9-3-5-12(15)11(8-9)13(16)6-4-10-2-1-7-17-10/h1-3,5,7-8,13,16H,4,6H2. The molecule has 0 amide bonds. The molecule has 0 aliphatic carbocycles. The Kier molecular flexibility index (Phi) is 4.46. The molecule has 0 aliphatic heterocycles. The molecule has 1 unspecified atom stereocenters. The molecule has 1 N–H and O–H groups in total. The summed E-state index contributed by atoms with van der Waals surface area (Å²) in [6, 6.07) is 9.24. The van der Waals surface area contributed by atoms with Crippen molar-refractivity contribution in [2.45, 2.75) is 18.9 Å². The van der Waals surface area contributed by atoms with Crippen molar-refractivity contribution in [3.05, 3.63) is 56.2 Å². The Bertz CT molecular complexity index is 482. The van der Waals surface area contributed by atoms with Gasteiger partial charge in [0.1, 0.15) is 0 Å². The molecule has 0 aliphatic rings. The molecule has 1 nitrogen and oxygen atoms in total. The average Bonchev–Trinajstić information content (AvgIpc) is 2.82. The third kappa shape index (κ3) is 3.46. The van der Waals surface area contributed by atoms with Crippen LogP contribution in [0, 0.1) is 0 Å². The lowest BCUT2D eigenvalue weighted by atomic mass is 10.0. The van der Waals surface area contributed by atoms with Gasteiger partial charge in [-0.2, -0.15) is 0 Å². The minimum absolute atomic E-state index is 0.563. The summed E-state index contributed by atoms with van der Waals surface area (Å²) in [5.74, 6) is 0. The largest absolute Gasteiger partial charge is 0.388 e. The third-order valence-corrected chi connectivity index (χ3v) is 4.08. The Morgan fingerprint density at radius 1 is 1.24 bits per heavy atom. The van der Waals surface area contributed by atoms with E-state index in [1.54, 1.807) is 29.5 Å². The maximum Gasteiger partial charge on any atom is 0.0808 e. The highest BCUT2D eigenvalue weighted by Crippen LogP contribution is 2.29. The van der Waals surface area contributed by atoms with Crippen LogP contribution in [0.5, 0.6) is 0 Å². The van der Waals surface area contributed by atoms with Crippen LogP contribution in [0.3, 0.4) is 0 Å². The summed E-state index contributed by atoms with van der Waals surface area (Å²) < 4.78 is 0. The molecule has 2 aromatic rings. The van der Waals surface area contributed by atoms with Gasteiger partial charge in [0.25, 0.3) is 0 Å². The molecule has 90 valence electrons. The first-order chi connectivity index (χ1) is 8.16. The fourth-order valence-corrected chi connectivity index (χ4v) is 2.81. The number of hydrogen-bond donors (Lipinski definition) is 1. The van der Waals surface area contributed by atoms with Gasteiger partial charge in [-0.05, 0) is 42.5 Å². The second kappa shape index (κ2) is 5.87. The predicted molar refractivity (Wildman–Crippen MR) is 74.1 cm³/mol. The van der Waals surface area contributed by atoms with Gasteiger partial charge in [0.2, 0.25) is 0 Å². The fourth-order valence-electron chi connectivity index (χ4n) is 1.66. The second-order valence-electron chi connectivity index (χ2n) is 3.80. The van der Waals surface area contributed by atoms with Gasteiger partial charge in [-0.1, -0.05) is 29.3 Å². The fraction of sp³-hybridized carbons (Fsp3) is 0.231. The van der Waals surface area contributed by atoms with Crippen LogP contribution in [0.2, 0.25) is 10.0 Å². The summed E-state index contributed by atoms with van der Waals surface area (Å²) in [5, 5.41) is 13.3. The van der Waals surface area contributed by atoms with Crippen molar-refractivity contribution in [2.75, 3.05) is 0 Å². The number of halogens is 2. The van der Waals surface area contributed by atoms with Gasteiger partial charge in [-0.25, -0.2) is 0 Å². The van der Waals surface area contributed by atoms with Gasteiger partial charge < -0.3 is 5.11 Å². The molecule has 17 heavy (non-hydrogen) atoms. The second-order valence-corrected chi connectivity index (χ2v) is 5.68. The zero-order valence-corrected chi connectivity index (χ0v) is 11.4. The van der Waals surface area contributed by atoms with Gasteiger partial charge >= 0.3 is 0 Å². The summed E-state index contributed by atoms with van der Waals surface area (Å²) in [5.41, 5.74) is 0.704. The van der Waals surface area contributed by atoms with Crippen molar-refractivity contribution in [2.24, 2.45) is 0 Å². The van der Waals surface area contributed by atoms with E-state index in [4.69, 9.17) is 23.2 Å². The number of thiophene rings is 1. The van der Waals surface area contributed by atoms with Crippen LogP contribution in [0.4, 0.5) is 0 Å². The van der Waals surface area contributed by atoms with Gasteiger partial charge in [0.15, 0.2) is 0 Å². The molecule has 1 aromatic heterocycles. The lowest BCUT2D eigenvalue weighted by Gasteiger charge is -2.12. The Labute approximate surface area is 115 Å². The van der Waals surface area contributed by atoms with E-state index in [-0.39, 0.29) is 0 Å². The molecular formula is C13H12Cl2OS. The van der Waals surface area contributed by atoms with E-state index >= 15 is 0 Å². The topological polar surface area (TPSA) is 20.2 Å². The molecule has 1 heterocycles.